The molecule has 0 heterocycles. The van der Waals surface area contributed by atoms with Gasteiger partial charge in [0.1, 0.15) is 13.2 Å². The first-order valence-electron chi connectivity index (χ1n) is 29.4. The molecule has 0 fully saturated rings. The minimum absolute atomic E-state index is 0.0687. The molecule has 0 saturated heterocycles. The van der Waals surface area contributed by atoms with E-state index in [9.17, 15) is 19.4 Å². The van der Waals surface area contributed by atoms with E-state index in [0.717, 1.165) is 109 Å². The van der Waals surface area contributed by atoms with Gasteiger partial charge in [0, 0.05) is 6.42 Å². The number of amides is 1. The number of allylic oxidation sites excluding steroid dienone is 20. The van der Waals surface area contributed by atoms with Crippen LogP contribution < -0.4 is 5.32 Å². The van der Waals surface area contributed by atoms with Gasteiger partial charge in [0.2, 0.25) is 5.91 Å². The quantitative estimate of drug-likeness (QED) is 0.0243. The smallest absolute Gasteiger partial charge is 0.391 e. The molecule has 0 saturated carbocycles. The number of nitrogens with one attached hydrogen (secondary N) is 1. The Labute approximate surface area is 450 Å². The average molecular weight is 1040 g/mol. The van der Waals surface area contributed by atoms with E-state index in [1.165, 1.54) is 89.9 Å². The van der Waals surface area contributed by atoms with E-state index in [1.54, 1.807) is 0 Å². The van der Waals surface area contributed by atoms with Crippen LogP contribution in [0.3, 0.4) is 0 Å². The second kappa shape index (κ2) is 53.7. The zero-order valence-corrected chi connectivity index (χ0v) is 48.5. The number of hydrogen-bond donors (Lipinski definition) is 3. The molecule has 0 aromatic rings. The minimum Gasteiger partial charge on any atom is -0.391 e. The van der Waals surface area contributed by atoms with E-state index < -0.39 is 20.0 Å². The summed E-state index contributed by atoms with van der Waals surface area (Å²) >= 11 is 0. The number of aliphatic hydroxyl groups is 1. The van der Waals surface area contributed by atoms with Crippen LogP contribution in [0, 0.1) is 0 Å². The number of carbonyl (C=O) groups is 1. The molecule has 0 aliphatic carbocycles. The van der Waals surface area contributed by atoms with Gasteiger partial charge in [-0.05, 0) is 89.9 Å². The van der Waals surface area contributed by atoms with Gasteiger partial charge in [-0.1, -0.05) is 251 Å². The standard InChI is InChI=1S/C64H111N2O6P/c1-6-8-10-12-14-16-18-19-20-21-22-23-24-25-26-27-28-29-30-31-32-33-34-35-36-37-38-39-40-41-42-43-44-45-46-47-48-50-52-54-56-58-64(68)65-62(61-72-73(69,70)71-60-59-66(3,4)5)63(67)57-55-53-51-49-17-15-13-11-9-7-2/h8,10,14,16,19-20,22-23,25-26,28-29,31-32,34-35,37-38,40-41,62-63,67H,6-7,9,11-13,15,17-18,21,24,27,30,33,36,39,42-61H2,1-5H3,(H-,65,68,69,70)/p+1/b10-8-,16-14-,20-19-,23-22-,26-25-,29-28-,32-31-,35-34-,38-37-,41-40-. The van der Waals surface area contributed by atoms with Gasteiger partial charge >= 0.3 is 7.82 Å². The van der Waals surface area contributed by atoms with Crippen LogP contribution in [0.2, 0.25) is 0 Å². The maximum absolute atomic E-state index is 12.9. The van der Waals surface area contributed by atoms with E-state index >= 15 is 0 Å². The highest BCUT2D eigenvalue weighted by Gasteiger charge is 2.28. The van der Waals surface area contributed by atoms with Crippen molar-refractivity contribution in [3.63, 3.8) is 0 Å². The summed E-state index contributed by atoms with van der Waals surface area (Å²) < 4.78 is 23.7. The molecular formula is C64H112N2O6P+. The number of rotatable bonds is 52. The van der Waals surface area contributed by atoms with Gasteiger partial charge in [0.05, 0.1) is 39.9 Å². The molecule has 0 rings (SSSR count). The molecule has 0 aliphatic rings. The minimum atomic E-state index is -4.32. The van der Waals surface area contributed by atoms with Crippen molar-refractivity contribution in [2.45, 2.75) is 238 Å². The lowest BCUT2D eigenvalue weighted by Gasteiger charge is -2.26. The molecule has 1 amide bonds. The molecule has 8 nitrogen and oxygen atoms in total. The molecule has 0 aliphatic heterocycles. The lowest BCUT2D eigenvalue weighted by atomic mass is 10.0. The highest BCUT2D eigenvalue weighted by Crippen LogP contribution is 2.43. The SMILES string of the molecule is CC/C=C\C/C=C\C/C=C\C/C=C\C/C=C\C/C=C\C/C=C\C/C=C\C/C=C\C/C=C\CCCCCCCCCCCCC(=O)NC(COP(=O)(O)OCC[N+](C)(C)C)C(O)CCCCCCCCCCCC. The molecule has 0 aromatic heterocycles. The monoisotopic (exact) mass is 1040 g/mol. The highest BCUT2D eigenvalue weighted by atomic mass is 31.2. The maximum Gasteiger partial charge on any atom is 0.472 e. The summed E-state index contributed by atoms with van der Waals surface area (Å²) in [5.74, 6) is -0.156. The Morgan fingerprint density at radius 2 is 0.822 bits per heavy atom. The molecular weight excluding hydrogens is 924 g/mol. The summed E-state index contributed by atoms with van der Waals surface area (Å²) in [4.78, 5) is 23.2. The summed E-state index contributed by atoms with van der Waals surface area (Å²) in [6.07, 6.45) is 79.9. The van der Waals surface area contributed by atoms with Crippen LogP contribution in [0.5, 0.6) is 0 Å². The predicted octanol–water partition coefficient (Wildman–Crippen LogP) is 18.1. The second-order valence-electron chi connectivity index (χ2n) is 20.6. The third-order valence-electron chi connectivity index (χ3n) is 12.5. The van der Waals surface area contributed by atoms with Gasteiger partial charge < -0.3 is 19.8 Å². The molecule has 0 spiro atoms. The van der Waals surface area contributed by atoms with Gasteiger partial charge in [-0.2, -0.15) is 0 Å². The van der Waals surface area contributed by atoms with Gasteiger partial charge in [0.15, 0.2) is 0 Å². The Morgan fingerprint density at radius 3 is 1.21 bits per heavy atom. The molecule has 418 valence electrons. The zero-order valence-electron chi connectivity index (χ0n) is 47.6. The van der Waals surface area contributed by atoms with Crippen molar-refractivity contribution in [2.75, 3.05) is 40.9 Å². The van der Waals surface area contributed by atoms with E-state index in [1.807, 2.05) is 21.1 Å². The topological polar surface area (TPSA) is 105 Å². The first-order valence-corrected chi connectivity index (χ1v) is 30.9. The Hall–Kier alpha value is -3.10. The predicted molar refractivity (Wildman–Crippen MR) is 318 cm³/mol. The van der Waals surface area contributed by atoms with Crippen molar-refractivity contribution in [1.82, 2.24) is 5.32 Å². The molecule has 3 N–H and O–H groups in total. The summed E-state index contributed by atoms with van der Waals surface area (Å²) in [7, 11) is 1.60. The molecule has 3 unspecified atom stereocenters. The fourth-order valence-electron chi connectivity index (χ4n) is 7.90. The first kappa shape index (κ1) is 69.9. The third-order valence-corrected chi connectivity index (χ3v) is 13.5. The Bertz CT molecular complexity index is 1600. The molecule has 3 atom stereocenters. The number of quaternary nitrogens is 1. The Balaban J connectivity index is 4.01. The summed E-state index contributed by atoms with van der Waals surface area (Å²) in [6, 6.07) is -0.768. The van der Waals surface area contributed by atoms with E-state index in [0.29, 0.717) is 23.9 Å². The normalized spacial score (nSPS) is 14.8. The average Bonchev–Trinajstić information content (AvgIpc) is 3.35. The van der Waals surface area contributed by atoms with Gasteiger partial charge in [-0.15, -0.1) is 0 Å². The molecule has 0 aromatic carbocycles. The number of hydrogen-bond acceptors (Lipinski definition) is 5. The number of carbonyl (C=O) groups excluding carboxylic acids is 1. The first-order chi connectivity index (χ1) is 35.5. The van der Waals surface area contributed by atoms with Crippen LogP contribution in [0.4, 0.5) is 0 Å². The van der Waals surface area contributed by atoms with Crippen LogP contribution in [-0.2, 0) is 18.4 Å². The molecule has 73 heavy (non-hydrogen) atoms. The van der Waals surface area contributed by atoms with Crippen LogP contribution in [0.1, 0.15) is 226 Å². The van der Waals surface area contributed by atoms with Crippen molar-refractivity contribution < 1.29 is 32.9 Å². The second-order valence-corrected chi connectivity index (χ2v) is 22.1. The number of unbranched alkanes of at least 4 members (excludes halogenated alkanes) is 19. The number of aliphatic hydroxyl groups excluding tert-OH is 1. The Morgan fingerprint density at radius 1 is 0.479 bits per heavy atom. The molecule has 9 heteroatoms. The third kappa shape index (κ3) is 56.5. The zero-order chi connectivity index (χ0) is 53.5. The van der Waals surface area contributed by atoms with Crippen molar-refractivity contribution in [3.8, 4) is 0 Å². The molecule has 0 bridgehead atoms. The number of nitrogens with zero attached hydrogens (tertiary/aromatic N) is 1. The van der Waals surface area contributed by atoms with Crippen LogP contribution in [0.25, 0.3) is 0 Å². The van der Waals surface area contributed by atoms with Crippen LogP contribution in [0.15, 0.2) is 122 Å². The summed E-state index contributed by atoms with van der Waals surface area (Å²) in [5.41, 5.74) is 0. The number of likely N-dealkylation sites (N-methyl/N-ethyl adjacent to an activating group) is 1. The van der Waals surface area contributed by atoms with Crippen molar-refractivity contribution in [1.29, 1.82) is 0 Å². The highest BCUT2D eigenvalue weighted by molar-refractivity contribution is 7.47. The van der Waals surface area contributed by atoms with Crippen molar-refractivity contribution in [2.24, 2.45) is 0 Å². The van der Waals surface area contributed by atoms with Gasteiger partial charge in [0.25, 0.3) is 0 Å². The van der Waals surface area contributed by atoms with Gasteiger partial charge in [-0.3, -0.25) is 13.8 Å². The lowest BCUT2D eigenvalue weighted by Crippen LogP contribution is -2.46. The van der Waals surface area contributed by atoms with Gasteiger partial charge in [-0.25, -0.2) is 4.57 Å². The summed E-state index contributed by atoms with van der Waals surface area (Å²) in [5, 5.41) is 14.0. The Kier molecular flexibility index (Phi) is 51.4. The largest absolute Gasteiger partial charge is 0.472 e. The van der Waals surface area contributed by atoms with E-state index in [4.69, 9.17) is 9.05 Å². The van der Waals surface area contributed by atoms with E-state index in [2.05, 4.69) is 141 Å². The van der Waals surface area contributed by atoms with Crippen molar-refractivity contribution in [3.05, 3.63) is 122 Å². The number of phosphoric acid groups is 1. The molecule has 0 radical (unpaired) electrons. The van der Waals surface area contributed by atoms with Crippen LogP contribution >= 0.6 is 7.82 Å². The fraction of sp³-hybridized carbons (Fsp3) is 0.672. The maximum atomic E-state index is 12.9. The van der Waals surface area contributed by atoms with Crippen LogP contribution in [-0.4, -0.2) is 73.4 Å². The summed E-state index contributed by atoms with van der Waals surface area (Å²) in [6.45, 7) is 4.74. The fourth-order valence-corrected chi connectivity index (χ4v) is 8.63. The van der Waals surface area contributed by atoms with Crippen molar-refractivity contribution >= 4 is 13.7 Å². The number of phosphoric ester groups is 1. The van der Waals surface area contributed by atoms with E-state index in [-0.39, 0.29) is 19.1 Å². The lowest BCUT2D eigenvalue weighted by molar-refractivity contribution is -0.870.